The third-order valence-electron chi connectivity index (χ3n) is 6.91. The Labute approximate surface area is 260 Å². The number of amides is 2. The zero-order valence-electron chi connectivity index (χ0n) is 24.3. The molecule has 2 N–H and O–H groups in total. The van der Waals surface area contributed by atoms with Crippen molar-refractivity contribution in [3.05, 3.63) is 101 Å². The van der Waals surface area contributed by atoms with Gasteiger partial charge in [0.2, 0.25) is 0 Å². The first-order valence-electron chi connectivity index (χ1n) is 13.9. The molecular formula is C31H29F5N6O2S. The molecule has 0 aliphatic carbocycles. The first-order chi connectivity index (χ1) is 21.4. The molecule has 0 saturated heterocycles. The van der Waals surface area contributed by atoms with Crippen molar-refractivity contribution in [2.75, 3.05) is 11.4 Å². The smallest absolute Gasteiger partial charge is 0.406 e. The molecule has 1 aliphatic rings. The number of carbonyl (C=O) groups is 1. The third-order valence-corrected chi connectivity index (χ3v) is 7.97. The van der Waals surface area contributed by atoms with Gasteiger partial charge >= 0.3 is 12.4 Å². The Bertz CT molecular complexity index is 1680. The highest BCUT2D eigenvalue weighted by Crippen LogP contribution is 2.38. The van der Waals surface area contributed by atoms with Crippen molar-refractivity contribution < 1.29 is 31.5 Å². The molecule has 1 aromatic heterocycles. The molecule has 236 valence electrons. The lowest BCUT2D eigenvalue weighted by Gasteiger charge is -2.31. The Hall–Kier alpha value is -4.59. The van der Waals surface area contributed by atoms with E-state index in [1.54, 1.807) is 30.3 Å². The molecule has 0 bridgehead atoms. The number of hydrogen-bond donors (Lipinski definition) is 2. The number of anilines is 1. The highest BCUT2D eigenvalue weighted by molar-refractivity contribution is 8.03. The van der Waals surface area contributed by atoms with E-state index in [1.807, 2.05) is 31.1 Å². The van der Waals surface area contributed by atoms with Gasteiger partial charge in [0.25, 0.3) is 0 Å². The van der Waals surface area contributed by atoms with Crippen LogP contribution in [0.25, 0.3) is 17.1 Å². The summed E-state index contributed by atoms with van der Waals surface area (Å²) in [6, 6.07) is 15.6. The quantitative estimate of drug-likeness (QED) is 0.181. The van der Waals surface area contributed by atoms with Gasteiger partial charge in [-0.15, -0.1) is 18.3 Å². The molecule has 2 heterocycles. The molecule has 14 heteroatoms. The maximum atomic E-state index is 15.1. The van der Waals surface area contributed by atoms with E-state index in [4.69, 9.17) is 0 Å². The molecule has 4 aromatic rings. The summed E-state index contributed by atoms with van der Waals surface area (Å²) in [6.07, 6.45) is -4.87. The number of nitrogens with zero attached hydrogens (tertiary/aromatic N) is 4. The Morgan fingerprint density at radius 1 is 1.07 bits per heavy atom. The van der Waals surface area contributed by atoms with Crippen LogP contribution in [-0.4, -0.2) is 39.2 Å². The molecule has 2 unspecified atom stereocenters. The summed E-state index contributed by atoms with van der Waals surface area (Å²) < 4.78 is 71.5. The number of carbonyl (C=O) groups excluding carboxylic acids is 1. The van der Waals surface area contributed by atoms with E-state index in [9.17, 15) is 22.4 Å². The first-order valence-corrected chi connectivity index (χ1v) is 14.8. The number of urea groups is 1. The number of halogens is 5. The number of thioether (sulfide) groups is 1. The molecule has 45 heavy (non-hydrogen) atoms. The van der Waals surface area contributed by atoms with Gasteiger partial charge in [0.1, 0.15) is 24.1 Å². The Kier molecular flexibility index (Phi) is 9.32. The minimum Gasteiger partial charge on any atom is -0.406 e. The number of benzene rings is 3. The van der Waals surface area contributed by atoms with Gasteiger partial charge < -0.3 is 20.3 Å². The van der Waals surface area contributed by atoms with Crippen LogP contribution < -0.4 is 20.3 Å². The van der Waals surface area contributed by atoms with Gasteiger partial charge in [-0.3, -0.25) is 0 Å². The normalized spacial score (nSPS) is 15.6. The van der Waals surface area contributed by atoms with Crippen molar-refractivity contribution in [3.8, 4) is 22.8 Å². The van der Waals surface area contributed by atoms with Crippen molar-refractivity contribution in [1.29, 1.82) is 0 Å². The molecular weight excluding hydrogens is 615 g/mol. The largest absolute Gasteiger partial charge is 0.573 e. The van der Waals surface area contributed by atoms with Crippen molar-refractivity contribution in [2.45, 2.75) is 44.7 Å². The standard InChI is InChI=1S/C31H29F5N6O2S/c1-18(2)25-14-22(32)8-13-27(25)42-19(3)16-45-30(42)39-29(43)37-15-26(33)20-4-6-21(7-5-20)28-38-17-41(40-28)23-9-11-24(12-10-23)44-31(34,35)36/h4-14,16-18,26,30H,15H2,1-3H3,(H2,37,39,43). The van der Waals surface area contributed by atoms with E-state index in [1.165, 1.54) is 59.2 Å². The van der Waals surface area contributed by atoms with Crippen LogP contribution in [0.1, 0.15) is 44.0 Å². The molecule has 0 spiro atoms. The number of hydrogen-bond acceptors (Lipinski definition) is 6. The molecule has 0 radical (unpaired) electrons. The zero-order valence-corrected chi connectivity index (χ0v) is 25.2. The minimum absolute atomic E-state index is 0.0521. The maximum absolute atomic E-state index is 15.1. The second-order valence-electron chi connectivity index (χ2n) is 10.5. The Morgan fingerprint density at radius 3 is 2.44 bits per heavy atom. The Morgan fingerprint density at radius 2 is 1.78 bits per heavy atom. The number of nitrogens with one attached hydrogen (secondary N) is 2. The summed E-state index contributed by atoms with van der Waals surface area (Å²) >= 11 is 1.38. The fourth-order valence-electron chi connectivity index (χ4n) is 4.71. The van der Waals surface area contributed by atoms with Crippen LogP contribution in [-0.2, 0) is 0 Å². The molecule has 0 fully saturated rings. The van der Waals surface area contributed by atoms with Crippen molar-refractivity contribution >= 4 is 23.5 Å². The van der Waals surface area contributed by atoms with E-state index < -0.39 is 24.1 Å². The van der Waals surface area contributed by atoms with Crippen LogP contribution in [0.15, 0.2) is 84.2 Å². The topological polar surface area (TPSA) is 84.3 Å². The molecule has 2 atom stereocenters. The summed E-state index contributed by atoms with van der Waals surface area (Å²) in [6.45, 7) is 5.56. The van der Waals surface area contributed by atoms with E-state index >= 15 is 4.39 Å². The summed E-state index contributed by atoms with van der Waals surface area (Å²) in [5.74, 6) is -0.310. The summed E-state index contributed by atoms with van der Waals surface area (Å²) in [4.78, 5) is 18.9. The van der Waals surface area contributed by atoms with Crippen molar-refractivity contribution in [1.82, 2.24) is 25.4 Å². The van der Waals surface area contributed by atoms with Crippen LogP contribution in [0.5, 0.6) is 5.75 Å². The SMILES string of the molecule is CC1=CSC(NC(=O)NCC(F)c2ccc(-c3ncn(-c4ccc(OC(F)(F)F)cc4)n3)cc2)N1c1ccc(F)cc1C(C)C. The van der Waals surface area contributed by atoms with Gasteiger partial charge in [0, 0.05) is 16.9 Å². The monoisotopic (exact) mass is 644 g/mol. The molecule has 8 nitrogen and oxygen atoms in total. The maximum Gasteiger partial charge on any atom is 0.573 e. The second-order valence-corrected chi connectivity index (χ2v) is 11.4. The van der Waals surface area contributed by atoms with Gasteiger partial charge in [-0.25, -0.2) is 23.2 Å². The van der Waals surface area contributed by atoms with Gasteiger partial charge in [-0.1, -0.05) is 49.9 Å². The molecule has 1 aliphatic heterocycles. The summed E-state index contributed by atoms with van der Waals surface area (Å²) in [5.41, 5.74) is 3.37. The zero-order chi connectivity index (χ0) is 32.3. The van der Waals surface area contributed by atoms with Gasteiger partial charge in [-0.2, -0.15) is 0 Å². The predicted molar refractivity (Wildman–Crippen MR) is 162 cm³/mol. The number of alkyl halides is 4. The van der Waals surface area contributed by atoms with Crippen LogP contribution in [0.3, 0.4) is 0 Å². The fourth-order valence-corrected chi connectivity index (χ4v) is 5.73. The van der Waals surface area contributed by atoms with Crippen molar-refractivity contribution in [3.63, 3.8) is 0 Å². The van der Waals surface area contributed by atoms with E-state index in [0.29, 0.717) is 22.6 Å². The van der Waals surface area contributed by atoms with Crippen molar-refractivity contribution in [2.24, 2.45) is 0 Å². The van der Waals surface area contributed by atoms with Gasteiger partial charge in [0.15, 0.2) is 11.3 Å². The third kappa shape index (κ3) is 7.74. The number of aromatic nitrogens is 3. The fraction of sp³-hybridized carbons (Fsp3) is 0.258. The van der Waals surface area contributed by atoms with E-state index in [2.05, 4.69) is 25.5 Å². The highest BCUT2D eigenvalue weighted by Gasteiger charge is 2.31. The van der Waals surface area contributed by atoms with Crippen LogP contribution >= 0.6 is 11.8 Å². The van der Waals surface area contributed by atoms with E-state index in [0.717, 1.165) is 16.9 Å². The lowest BCUT2D eigenvalue weighted by molar-refractivity contribution is -0.274. The number of rotatable bonds is 9. The molecule has 3 aromatic carbocycles. The van der Waals surface area contributed by atoms with E-state index in [-0.39, 0.29) is 24.0 Å². The average molecular weight is 645 g/mol. The predicted octanol–water partition coefficient (Wildman–Crippen LogP) is 7.80. The minimum atomic E-state index is -4.78. The number of ether oxygens (including phenoxy) is 1. The first kappa shape index (κ1) is 31.8. The number of allylic oxidation sites excluding steroid dienone is 1. The molecule has 5 rings (SSSR count). The lowest BCUT2D eigenvalue weighted by Crippen LogP contribution is -2.48. The lowest BCUT2D eigenvalue weighted by atomic mass is 10.00. The molecule has 2 amide bonds. The van der Waals surface area contributed by atoms with Crippen LogP contribution in [0.4, 0.5) is 32.4 Å². The summed E-state index contributed by atoms with van der Waals surface area (Å²) in [5, 5.41) is 11.7. The molecule has 0 saturated carbocycles. The summed E-state index contributed by atoms with van der Waals surface area (Å²) in [7, 11) is 0. The Balaban J connectivity index is 1.16. The van der Waals surface area contributed by atoms with Crippen LogP contribution in [0, 0.1) is 5.82 Å². The van der Waals surface area contributed by atoms with Gasteiger partial charge in [-0.05, 0) is 71.8 Å². The van der Waals surface area contributed by atoms with Gasteiger partial charge in [0.05, 0.1) is 12.2 Å². The second kappa shape index (κ2) is 13.2. The van der Waals surface area contributed by atoms with Crippen LogP contribution in [0.2, 0.25) is 0 Å². The highest BCUT2D eigenvalue weighted by atomic mass is 32.2. The average Bonchev–Trinajstić information content (AvgIpc) is 3.63.